The van der Waals surface area contributed by atoms with Crippen molar-refractivity contribution >= 4 is 34.7 Å². The first-order valence-electron chi connectivity index (χ1n) is 9.31. The molecular weight excluding hydrogens is 389 g/mol. The summed E-state index contributed by atoms with van der Waals surface area (Å²) in [5, 5.41) is 4.99. The van der Waals surface area contributed by atoms with Gasteiger partial charge in [0.1, 0.15) is 11.9 Å². The first kappa shape index (κ1) is 20.2. The van der Waals surface area contributed by atoms with Crippen molar-refractivity contribution in [3.05, 3.63) is 99.5 Å². The molecule has 2 unspecified atom stereocenters. The molecule has 0 fully saturated rings. The van der Waals surface area contributed by atoms with Crippen LogP contribution in [0.1, 0.15) is 42.6 Å². The van der Waals surface area contributed by atoms with Crippen molar-refractivity contribution in [1.82, 2.24) is 5.32 Å². The lowest BCUT2D eigenvalue weighted by Crippen LogP contribution is -2.25. The molecule has 1 aliphatic rings. The van der Waals surface area contributed by atoms with Crippen LogP contribution in [-0.4, -0.2) is 5.84 Å². The molecule has 3 aromatic carbocycles. The van der Waals surface area contributed by atoms with Gasteiger partial charge in [-0.2, -0.15) is 0 Å². The number of nitrogens with one attached hydrogen (secondary N) is 1. The highest BCUT2D eigenvalue weighted by Crippen LogP contribution is 2.37. The van der Waals surface area contributed by atoms with Crippen molar-refractivity contribution in [3.8, 4) is 0 Å². The number of rotatable bonds is 3. The summed E-state index contributed by atoms with van der Waals surface area (Å²) in [5.74, 6) is 0.852. The van der Waals surface area contributed by atoms with Gasteiger partial charge in [-0.1, -0.05) is 61.3 Å². The second-order valence-corrected chi connectivity index (χ2v) is 7.14. The molecule has 2 atom stereocenters. The molecule has 3 N–H and O–H groups in total. The van der Waals surface area contributed by atoms with Gasteiger partial charge in [-0.05, 0) is 59.7 Å². The second kappa shape index (κ2) is 9.13. The number of nitrogens with zero attached hydrogens (tertiary/aromatic N) is 1. The SMILES string of the molecule is CC.Nc1ccc(C2=NC(c3ccc(Cl)cc3)C(c3ccc(Cl)cc3)N2)cc1. The molecular formula is C23H23Cl2N3. The average Bonchev–Trinajstić information content (AvgIpc) is 3.16. The Kier molecular flexibility index (Phi) is 6.61. The molecule has 0 radical (unpaired) electrons. The lowest BCUT2D eigenvalue weighted by molar-refractivity contribution is 0.572. The quantitative estimate of drug-likeness (QED) is 0.487. The van der Waals surface area contributed by atoms with Crippen LogP contribution < -0.4 is 11.1 Å². The molecule has 144 valence electrons. The number of nitrogens with two attached hydrogens (primary N) is 1. The number of nitrogen functional groups attached to an aromatic ring is 1. The largest absolute Gasteiger partial charge is 0.399 e. The van der Waals surface area contributed by atoms with Crippen molar-refractivity contribution < 1.29 is 0 Å². The van der Waals surface area contributed by atoms with Crippen molar-refractivity contribution in [2.45, 2.75) is 25.9 Å². The van der Waals surface area contributed by atoms with Crippen LogP contribution in [0.25, 0.3) is 0 Å². The molecule has 3 nitrogen and oxygen atoms in total. The molecule has 28 heavy (non-hydrogen) atoms. The minimum Gasteiger partial charge on any atom is -0.399 e. The van der Waals surface area contributed by atoms with Crippen LogP contribution in [0.15, 0.2) is 77.8 Å². The molecule has 0 saturated carbocycles. The van der Waals surface area contributed by atoms with E-state index in [2.05, 4.69) is 5.32 Å². The number of anilines is 1. The first-order chi connectivity index (χ1) is 13.6. The topological polar surface area (TPSA) is 50.4 Å². The minimum absolute atomic E-state index is 0.0148. The molecule has 0 amide bonds. The minimum atomic E-state index is -0.0546. The summed E-state index contributed by atoms with van der Waals surface area (Å²) in [6.07, 6.45) is 0. The summed E-state index contributed by atoms with van der Waals surface area (Å²) in [6, 6.07) is 23.4. The number of benzene rings is 3. The fourth-order valence-electron chi connectivity index (χ4n) is 3.14. The Morgan fingerprint density at radius 2 is 1.25 bits per heavy atom. The van der Waals surface area contributed by atoms with Crippen molar-refractivity contribution in [2.24, 2.45) is 4.99 Å². The van der Waals surface area contributed by atoms with Crippen LogP contribution in [-0.2, 0) is 0 Å². The van der Waals surface area contributed by atoms with Crippen LogP contribution in [0.2, 0.25) is 10.0 Å². The third kappa shape index (κ3) is 4.49. The van der Waals surface area contributed by atoms with Gasteiger partial charge in [0.05, 0.1) is 6.04 Å². The molecule has 0 aliphatic carbocycles. The zero-order valence-corrected chi connectivity index (χ0v) is 17.4. The summed E-state index contributed by atoms with van der Waals surface area (Å²) >= 11 is 12.1. The number of halogens is 2. The molecule has 3 aromatic rings. The Hall–Kier alpha value is -2.49. The lowest BCUT2D eigenvalue weighted by atomic mass is 9.95. The molecule has 0 aromatic heterocycles. The summed E-state index contributed by atoms with van der Waals surface area (Å²) in [6.45, 7) is 4.00. The summed E-state index contributed by atoms with van der Waals surface area (Å²) in [7, 11) is 0. The fourth-order valence-corrected chi connectivity index (χ4v) is 3.39. The molecule has 4 rings (SSSR count). The Bertz CT molecular complexity index is 933. The summed E-state index contributed by atoms with van der Waals surface area (Å²) < 4.78 is 0. The highest BCUT2D eigenvalue weighted by Gasteiger charge is 2.31. The number of hydrogen-bond donors (Lipinski definition) is 2. The molecule has 1 heterocycles. The third-order valence-electron chi connectivity index (χ3n) is 4.50. The van der Waals surface area contributed by atoms with Gasteiger partial charge in [0, 0.05) is 21.3 Å². The van der Waals surface area contributed by atoms with Gasteiger partial charge in [-0.25, -0.2) is 0 Å². The van der Waals surface area contributed by atoms with E-state index in [1.165, 1.54) is 0 Å². The Morgan fingerprint density at radius 1 is 0.750 bits per heavy atom. The van der Waals surface area contributed by atoms with Crippen LogP contribution in [0.3, 0.4) is 0 Å². The Labute approximate surface area is 176 Å². The predicted octanol–water partition coefficient (Wildman–Crippen LogP) is 6.43. The van der Waals surface area contributed by atoms with Gasteiger partial charge in [0.2, 0.25) is 0 Å². The third-order valence-corrected chi connectivity index (χ3v) is 5.00. The maximum absolute atomic E-state index is 6.05. The monoisotopic (exact) mass is 411 g/mol. The van der Waals surface area contributed by atoms with Gasteiger partial charge < -0.3 is 11.1 Å². The first-order valence-corrected chi connectivity index (χ1v) is 10.1. The van der Waals surface area contributed by atoms with Crippen LogP contribution in [0.4, 0.5) is 5.69 Å². The lowest BCUT2D eigenvalue weighted by Gasteiger charge is -2.20. The van der Waals surface area contributed by atoms with Crippen LogP contribution in [0, 0.1) is 0 Å². The van der Waals surface area contributed by atoms with Gasteiger partial charge in [-0.3, -0.25) is 4.99 Å². The molecule has 1 aliphatic heterocycles. The average molecular weight is 412 g/mol. The highest BCUT2D eigenvalue weighted by atomic mass is 35.5. The number of aliphatic imine (C=N–C) groups is 1. The Morgan fingerprint density at radius 3 is 1.79 bits per heavy atom. The predicted molar refractivity (Wildman–Crippen MR) is 120 cm³/mol. The molecule has 0 saturated heterocycles. The van der Waals surface area contributed by atoms with E-state index in [-0.39, 0.29) is 12.1 Å². The van der Waals surface area contributed by atoms with Gasteiger partial charge in [0.15, 0.2) is 0 Å². The highest BCUT2D eigenvalue weighted by molar-refractivity contribution is 6.30. The standard InChI is InChI=1S/C21H17Cl2N3.C2H6/c22-16-7-1-13(2-8-16)19-20(14-3-9-17(23)10-4-14)26-21(25-19)15-5-11-18(24)12-6-15;1-2/h1-12,19-20H,24H2,(H,25,26);1-2H3. The fraction of sp³-hybridized carbons (Fsp3) is 0.174. The normalized spacial score (nSPS) is 17.9. The molecule has 5 heteroatoms. The van der Waals surface area contributed by atoms with Crippen molar-refractivity contribution in [3.63, 3.8) is 0 Å². The van der Waals surface area contributed by atoms with E-state index < -0.39 is 0 Å². The molecule has 0 spiro atoms. The maximum atomic E-state index is 6.05. The molecule has 0 bridgehead atoms. The smallest absolute Gasteiger partial charge is 0.129 e. The van der Waals surface area contributed by atoms with Gasteiger partial charge >= 0.3 is 0 Å². The van der Waals surface area contributed by atoms with Crippen molar-refractivity contribution in [2.75, 3.05) is 5.73 Å². The van der Waals surface area contributed by atoms with E-state index >= 15 is 0 Å². The number of hydrogen-bond acceptors (Lipinski definition) is 3. The summed E-state index contributed by atoms with van der Waals surface area (Å²) in [4.78, 5) is 4.96. The van der Waals surface area contributed by atoms with Crippen LogP contribution in [0.5, 0.6) is 0 Å². The number of amidine groups is 1. The second-order valence-electron chi connectivity index (χ2n) is 6.27. The summed E-state index contributed by atoms with van der Waals surface area (Å²) in [5.41, 5.74) is 9.78. The van der Waals surface area contributed by atoms with E-state index in [4.69, 9.17) is 33.9 Å². The van der Waals surface area contributed by atoms with Gasteiger partial charge in [-0.15, -0.1) is 0 Å². The van der Waals surface area contributed by atoms with E-state index in [1.807, 2.05) is 86.6 Å². The van der Waals surface area contributed by atoms with Gasteiger partial charge in [0.25, 0.3) is 0 Å². The Balaban J connectivity index is 0.00000109. The van der Waals surface area contributed by atoms with E-state index in [9.17, 15) is 0 Å². The zero-order valence-electron chi connectivity index (χ0n) is 15.9. The van der Waals surface area contributed by atoms with Crippen molar-refractivity contribution in [1.29, 1.82) is 0 Å². The maximum Gasteiger partial charge on any atom is 0.129 e. The van der Waals surface area contributed by atoms with E-state index in [0.717, 1.165) is 33.2 Å². The zero-order chi connectivity index (χ0) is 20.1. The van der Waals surface area contributed by atoms with E-state index in [1.54, 1.807) is 0 Å². The van der Waals surface area contributed by atoms with Crippen LogP contribution >= 0.6 is 23.2 Å². The van der Waals surface area contributed by atoms with E-state index in [0.29, 0.717) is 5.02 Å².